The number of carbonyl (C=O) groups excluding carboxylic acids is 1. The van der Waals surface area contributed by atoms with Gasteiger partial charge in [-0.25, -0.2) is 4.79 Å². The Morgan fingerprint density at radius 1 is 1.37 bits per heavy atom. The first-order valence-electron chi connectivity index (χ1n) is 7.07. The van der Waals surface area contributed by atoms with Gasteiger partial charge in [-0.05, 0) is 18.6 Å². The molecule has 1 fully saturated rings. The molecule has 5 nitrogen and oxygen atoms in total. The smallest absolute Gasteiger partial charge is 0.317 e. The molecule has 0 atom stereocenters. The van der Waals surface area contributed by atoms with E-state index in [2.05, 4.69) is 17.1 Å². The summed E-state index contributed by atoms with van der Waals surface area (Å²) in [5.74, 6) is 0.987. The molecule has 1 aliphatic rings. The molecule has 19 heavy (non-hydrogen) atoms. The van der Waals surface area contributed by atoms with Gasteiger partial charge in [0, 0.05) is 32.7 Å². The summed E-state index contributed by atoms with van der Waals surface area (Å²) < 4.78 is 5.34. The Morgan fingerprint density at radius 3 is 2.79 bits per heavy atom. The lowest BCUT2D eigenvalue weighted by Crippen LogP contribution is -2.51. The lowest BCUT2D eigenvalue weighted by atomic mass is 10.3. The summed E-state index contributed by atoms with van der Waals surface area (Å²) in [5.41, 5.74) is 0. The molecule has 0 radical (unpaired) electrons. The average molecular weight is 265 g/mol. The van der Waals surface area contributed by atoms with Crippen LogP contribution in [-0.4, -0.2) is 48.6 Å². The minimum Gasteiger partial charge on any atom is -0.468 e. The monoisotopic (exact) mass is 265 g/mol. The number of carbonyl (C=O) groups is 1. The van der Waals surface area contributed by atoms with Gasteiger partial charge in [0.15, 0.2) is 0 Å². The molecule has 106 valence electrons. The lowest BCUT2D eigenvalue weighted by molar-refractivity contribution is 0.130. The lowest BCUT2D eigenvalue weighted by Gasteiger charge is -2.34. The van der Waals surface area contributed by atoms with E-state index in [1.807, 2.05) is 17.0 Å². The number of nitrogens with zero attached hydrogens (tertiary/aromatic N) is 2. The van der Waals surface area contributed by atoms with Crippen molar-refractivity contribution in [1.29, 1.82) is 0 Å². The van der Waals surface area contributed by atoms with Crippen molar-refractivity contribution in [1.82, 2.24) is 15.1 Å². The van der Waals surface area contributed by atoms with Crippen LogP contribution in [0.3, 0.4) is 0 Å². The van der Waals surface area contributed by atoms with Crippen molar-refractivity contribution in [3.63, 3.8) is 0 Å². The maximum absolute atomic E-state index is 11.9. The third kappa shape index (κ3) is 4.28. The Hall–Kier alpha value is -1.49. The number of unbranched alkanes of at least 4 members (excludes halogenated alkanes) is 1. The number of rotatable bonds is 5. The Kier molecular flexibility index (Phi) is 5.27. The van der Waals surface area contributed by atoms with E-state index in [-0.39, 0.29) is 6.03 Å². The molecule has 0 aromatic carbocycles. The van der Waals surface area contributed by atoms with E-state index in [1.54, 1.807) is 6.26 Å². The predicted octanol–water partition coefficient (Wildman–Crippen LogP) is 1.91. The summed E-state index contributed by atoms with van der Waals surface area (Å²) in [6.45, 7) is 7.13. The molecule has 1 saturated heterocycles. The Balaban J connectivity index is 1.68. The molecule has 0 saturated carbocycles. The minimum atomic E-state index is 0.0751. The molecular weight excluding hydrogens is 242 g/mol. The molecular formula is C14H23N3O2. The second-order valence-electron chi connectivity index (χ2n) is 4.93. The summed E-state index contributed by atoms with van der Waals surface area (Å²) in [6.07, 6.45) is 3.86. The maximum atomic E-state index is 11.9. The van der Waals surface area contributed by atoms with E-state index in [0.717, 1.165) is 57.9 Å². The van der Waals surface area contributed by atoms with Gasteiger partial charge in [-0.1, -0.05) is 13.3 Å². The highest BCUT2D eigenvalue weighted by molar-refractivity contribution is 5.74. The summed E-state index contributed by atoms with van der Waals surface area (Å²) in [6, 6.07) is 3.97. The summed E-state index contributed by atoms with van der Waals surface area (Å²) in [5, 5.41) is 2.96. The molecule has 1 aromatic heterocycles. The fourth-order valence-corrected chi connectivity index (χ4v) is 2.22. The van der Waals surface area contributed by atoms with Crippen LogP contribution in [0.15, 0.2) is 22.8 Å². The van der Waals surface area contributed by atoms with E-state index < -0.39 is 0 Å². The summed E-state index contributed by atoms with van der Waals surface area (Å²) in [7, 11) is 0. The van der Waals surface area contributed by atoms with Crippen molar-refractivity contribution in [2.45, 2.75) is 26.3 Å². The SMILES string of the molecule is CCCCNC(=O)N1CCN(Cc2ccco2)CC1. The topological polar surface area (TPSA) is 48.7 Å². The second kappa shape index (κ2) is 7.19. The van der Waals surface area contributed by atoms with Gasteiger partial charge in [-0.2, -0.15) is 0 Å². The van der Waals surface area contributed by atoms with Crippen LogP contribution in [-0.2, 0) is 6.54 Å². The molecule has 2 heterocycles. The van der Waals surface area contributed by atoms with Gasteiger partial charge in [0.25, 0.3) is 0 Å². The molecule has 2 amide bonds. The van der Waals surface area contributed by atoms with E-state index in [9.17, 15) is 4.79 Å². The molecule has 0 spiro atoms. The first kappa shape index (κ1) is 13.9. The number of hydrogen-bond acceptors (Lipinski definition) is 3. The summed E-state index contributed by atoms with van der Waals surface area (Å²) >= 11 is 0. The number of urea groups is 1. The van der Waals surface area contributed by atoms with Crippen LogP contribution in [0.2, 0.25) is 0 Å². The first-order chi connectivity index (χ1) is 9.29. The van der Waals surface area contributed by atoms with Crippen molar-refractivity contribution in [3.05, 3.63) is 24.2 Å². The van der Waals surface area contributed by atoms with Crippen LogP contribution in [0.5, 0.6) is 0 Å². The highest BCUT2D eigenvalue weighted by atomic mass is 16.3. The third-order valence-electron chi connectivity index (χ3n) is 3.43. The summed E-state index contributed by atoms with van der Waals surface area (Å²) in [4.78, 5) is 16.1. The van der Waals surface area contributed by atoms with Gasteiger partial charge in [0.1, 0.15) is 5.76 Å². The van der Waals surface area contributed by atoms with Crippen molar-refractivity contribution >= 4 is 6.03 Å². The fraction of sp³-hybridized carbons (Fsp3) is 0.643. The molecule has 1 aliphatic heterocycles. The highest BCUT2D eigenvalue weighted by Gasteiger charge is 2.21. The van der Waals surface area contributed by atoms with E-state index in [0.29, 0.717) is 0 Å². The van der Waals surface area contributed by atoms with E-state index >= 15 is 0 Å². The molecule has 0 aliphatic carbocycles. The maximum Gasteiger partial charge on any atom is 0.317 e. The van der Waals surface area contributed by atoms with Gasteiger partial charge >= 0.3 is 6.03 Å². The molecule has 1 N–H and O–H groups in total. The third-order valence-corrected chi connectivity index (χ3v) is 3.43. The van der Waals surface area contributed by atoms with Gasteiger partial charge < -0.3 is 14.6 Å². The van der Waals surface area contributed by atoms with Crippen LogP contribution in [0.1, 0.15) is 25.5 Å². The number of furan rings is 1. The molecule has 2 rings (SSSR count). The number of hydrogen-bond donors (Lipinski definition) is 1. The van der Waals surface area contributed by atoms with Crippen LogP contribution in [0.25, 0.3) is 0 Å². The Morgan fingerprint density at radius 2 is 2.16 bits per heavy atom. The van der Waals surface area contributed by atoms with Crippen LogP contribution in [0.4, 0.5) is 4.79 Å². The van der Waals surface area contributed by atoms with Crippen molar-refractivity contribution in [2.75, 3.05) is 32.7 Å². The van der Waals surface area contributed by atoms with Crippen LogP contribution in [0, 0.1) is 0 Å². The first-order valence-corrected chi connectivity index (χ1v) is 7.07. The standard InChI is InChI=1S/C14H23N3O2/c1-2-3-6-15-14(18)17-9-7-16(8-10-17)12-13-5-4-11-19-13/h4-5,11H,2-3,6-10,12H2,1H3,(H,15,18). The van der Waals surface area contributed by atoms with Crippen molar-refractivity contribution in [3.8, 4) is 0 Å². The zero-order valence-electron chi connectivity index (χ0n) is 11.6. The van der Waals surface area contributed by atoms with Gasteiger partial charge in [-0.15, -0.1) is 0 Å². The average Bonchev–Trinajstić information content (AvgIpc) is 2.93. The van der Waals surface area contributed by atoms with Gasteiger partial charge in [0.05, 0.1) is 12.8 Å². The zero-order chi connectivity index (χ0) is 13.5. The minimum absolute atomic E-state index is 0.0751. The Bertz CT molecular complexity index is 370. The van der Waals surface area contributed by atoms with Crippen LogP contribution < -0.4 is 5.32 Å². The fourth-order valence-electron chi connectivity index (χ4n) is 2.22. The molecule has 5 heteroatoms. The Labute approximate surface area is 114 Å². The van der Waals surface area contributed by atoms with Crippen LogP contribution >= 0.6 is 0 Å². The number of piperazine rings is 1. The van der Waals surface area contributed by atoms with Crippen molar-refractivity contribution in [2.24, 2.45) is 0 Å². The van der Waals surface area contributed by atoms with E-state index in [4.69, 9.17) is 4.42 Å². The number of amides is 2. The normalized spacial score (nSPS) is 16.6. The highest BCUT2D eigenvalue weighted by Crippen LogP contribution is 2.09. The molecule has 1 aromatic rings. The van der Waals surface area contributed by atoms with Gasteiger partial charge in [-0.3, -0.25) is 4.90 Å². The van der Waals surface area contributed by atoms with Gasteiger partial charge in [0.2, 0.25) is 0 Å². The predicted molar refractivity (Wildman–Crippen MR) is 73.9 cm³/mol. The molecule has 0 unspecified atom stereocenters. The largest absolute Gasteiger partial charge is 0.468 e. The van der Waals surface area contributed by atoms with E-state index in [1.165, 1.54) is 0 Å². The van der Waals surface area contributed by atoms with Crippen molar-refractivity contribution < 1.29 is 9.21 Å². The number of nitrogens with one attached hydrogen (secondary N) is 1. The quantitative estimate of drug-likeness (QED) is 0.827. The zero-order valence-corrected chi connectivity index (χ0v) is 11.6. The second-order valence-corrected chi connectivity index (χ2v) is 4.93. The molecule has 0 bridgehead atoms.